The Balaban J connectivity index is 1.26. The van der Waals surface area contributed by atoms with Gasteiger partial charge in [-0.05, 0) is 91.0 Å². The average Bonchev–Trinajstić information content (AvgIpc) is 3.89. The molecule has 0 bridgehead atoms. The van der Waals surface area contributed by atoms with Crippen LogP contribution in [0.15, 0.2) is 170 Å². The van der Waals surface area contributed by atoms with Gasteiger partial charge in [0.1, 0.15) is 0 Å². The van der Waals surface area contributed by atoms with Gasteiger partial charge in [0.2, 0.25) is 0 Å². The van der Waals surface area contributed by atoms with Crippen molar-refractivity contribution in [3.63, 3.8) is 0 Å². The second-order valence-electron chi connectivity index (χ2n) is 17.2. The Morgan fingerprint density at radius 1 is 0.338 bits per heavy atom. The predicted octanol–water partition coefficient (Wildman–Crippen LogP) is 16.7. The molecule has 6 nitrogen and oxygen atoms in total. The van der Waals surface area contributed by atoms with Crippen molar-refractivity contribution in [3.8, 4) is 62.7 Å². The summed E-state index contributed by atoms with van der Waals surface area (Å²) in [4.78, 5) is 14.4. The highest BCUT2D eigenvalue weighted by atomic mass is 19.4. The van der Waals surface area contributed by atoms with E-state index in [1.54, 1.807) is 78.9 Å². The van der Waals surface area contributed by atoms with Crippen molar-refractivity contribution in [3.05, 3.63) is 198 Å². The summed E-state index contributed by atoms with van der Waals surface area (Å²) in [6.07, 6.45) is -19.6. The van der Waals surface area contributed by atoms with Crippen molar-refractivity contribution in [2.75, 3.05) is 0 Å². The first kappa shape index (κ1) is 47.4. The lowest BCUT2D eigenvalue weighted by Crippen LogP contribution is -2.06. The van der Waals surface area contributed by atoms with Crippen molar-refractivity contribution in [1.82, 2.24) is 24.1 Å². The molecule has 74 heavy (non-hydrogen) atoms. The maximum Gasteiger partial charge on any atom is 0.416 e. The number of hydrogen-bond acceptors (Lipinski definition) is 4. The molecule has 0 aliphatic carbocycles. The molecule has 0 N–H and O–H groups in total. The van der Waals surface area contributed by atoms with Crippen LogP contribution in [-0.2, 0) is 24.7 Å². The molecule has 0 unspecified atom stereocenters. The second kappa shape index (κ2) is 17.1. The molecule has 0 aliphatic heterocycles. The molecule has 0 fully saturated rings. The Labute approximate surface area is 409 Å². The molecule has 18 heteroatoms. The zero-order valence-corrected chi connectivity index (χ0v) is 37.4. The number of fused-ring (bicyclic) bond motifs is 6. The van der Waals surface area contributed by atoms with Gasteiger partial charge in [-0.15, -0.1) is 0 Å². The summed E-state index contributed by atoms with van der Waals surface area (Å²) in [6.45, 7) is 0. The van der Waals surface area contributed by atoms with Crippen LogP contribution in [0.25, 0.3) is 100 Å². The number of rotatable bonds is 6. The zero-order chi connectivity index (χ0) is 52.1. The largest absolute Gasteiger partial charge is 0.416 e. The van der Waals surface area contributed by atoms with Crippen LogP contribution >= 0.6 is 0 Å². The van der Waals surface area contributed by atoms with Crippen LogP contribution in [0.3, 0.4) is 0 Å². The molecule has 0 radical (unpaired) electrons. The van der Waals surface area contributed by atoms with Gasteiger partial charge in [-0.3, -0.25) is 0 Å². The molecule has 0 saturated carbocycles. The third-order valence-corrected chi connectivity index (χ3v) is 12.7. The predicted molar refractivity (Wildman–Crippen MR) is 255 cm³/mol. The third-order valence-electron chi connectivity index (χ3n) is 12.7. The highest BCUT2D eigenvalue weighted by Gasteiger charge is 2.36. The van der Waals surface area contributed by atoms with Crippen LogP contribution in [0.1, 0.15) is 27.8 Å². The molecule has 3 aromatic heterocycles. The molecule has 11 rings (SSSR count). The Hall–Kier alpha value is -8.98. The Kier molecular flexibility index (Phi) is 10.9. The van der Waals surface area contributed by atoms with Gasteiger partial charge in [0.05, 0.1) is 67.3 Å². The zero-order valence-electron chi connectivity index (χ0n) is 37.4. The van der Waals surface area contributed by atoms with Gasteiger partial charge in [-0.25, -0.2) is 15.0 Å². The van der Waals surface area contributed by atoms with E-state index in [2.05, 4.69) is 0 Å². The van der Waals surface area contributed by atoms with Crippen molar-refractivity contribution in [2.45, 2.75) is 24.7 Å². The Bertz CT molecular complexity index is 3890. The van der Waals surface area contributed by atoms with Gasteiger partial charge < -0.3 is 9.13 Å². The second-order valence-corrected chi connectivity index (χ2v) is 17.2. The van der Waals surface area contributed by atoms with Crippen LogP contribution < -0.4 is 0 Å². The first-order chi connectivity index (χ1) is 35.2. The van der Waals surface area contributed by atoms with E-state index in [1.165, 1.54) is 27.3 Å². The van der Waals surface area contributed by atoms with E-state index in [9.17, 15) is 57.9 Å². The number of hydrogen-bond donors (Lipinski definition) is 0. The Morgan fingerprint density at radius 2 is 0.662 bits per heavy atom. The molecule has 11 aromatic rings. The van der Waals surface area contributed by atoms with Crippen LogP contribution in [0, 0.1) is 11.3 Å². The quantitative estimate of drug-likeness (QED) is 0.156. The summed E-state index contributed by atoms with van der Waals surface area (Å²) in [5, 5.41) is 9.43. The molecule has 0 saturated heterocycles. The van der Waals surface area contributed by atoms with Crippen molar-refractivity contribution >= 4 is 43.6 Å². The highest BCUT2D eigenvalue weighted by molar-refractivity contribution is 6.12. The van der Waals surface area contributed by atoms with Crippen LogP contribution in [0.5, 0.6) is 0 Å². The van der Waals surface area contributed by atoms with Crippen molar-refractivity contribution in [2.24, 2.45) is 0 Å². The summed E-state index contributed by atoms with van der Waals surface area (Å²) in [7, 11) is 0. The Morgan fingerprint density at radius 3 is 1.00 bits per heavy atom. The number of aromatic nitrogens is 5. The molecule has 0 spiro atoms. The smallest absolute Gasteiger partial charge is 0.309 e. The summed E-state index contributed by atoms with van der Waals surface area (Å²) in [5.41, 5.74) is -2.50. The summed E-state index contributed by atoms with van der Waals surface area (Å²) >= 11 is 0. The molecule has 8 aromatic carbocycles. The number of benzene rings is 8. The van der Waals surface area contributed by atoms with Crippen LogP contribution in [0.4, 0.5) is 52.7 Å². The van der Waals surface area contributed by atoms with E-state index < -0.39 is 47.0 Å². The summed E-state index contributed by atoms with van der Waals surface area (Å²) in [6, 6.07) is 39.4. The van der Waals surface area contributed by atoms with E-state index in [0.29, 0.717) is 11.1 Å². The molecule has 0 atom stereocenters. The summed E-state index contributed by atoms with van der Waals surface area (Å²) < 4.78 is 175. The topological polar surface area (TPSA) is 72.3 Å². The minimum Gasteiger partial charge on any atom is -0.309 e. The normalized spacial score (nSPS) is 12.6. The maximum absolute atomic E-state index is 14.4. The molecule has 0 amide bonds. The fraction of sp³-hybridized carbons (Fsp3) is 0.0714. The third kappa shape index (κ3) is 8.29. The highest BCUT2D eigenvalue weighted by Crippen LogP contribution is 2.46. The summed E-state index contributed by atoms with van der Waals surface area (Å²) in [5.74, 6) is 0.590. The van der Waals surface area contributed by atoms with Gasteiger partial charge in [0, 0.05) is 49.4 Å². The van der Waals surface area contributed by atoms with E-state index in [0.717, 1.165) is 72.8 Å². The van der Waals surface area contributed by atoms with Crippen LogP contribution in [-0.4, -0.2) is 24.1 Å². The number of nitriles is 1. The monoisotopic (exact) mass is 1010 g/mol. The number of nitrogens with zero attached hydrogens (tertiary/aromatic N) is 6. The first-order valence-corrected chi connectivity index (χ1v) is 22.2. The maximum atomic E-state index is 14.4. The fourth-order valence-electron chi connectivity index (χ4n) is 9.31. The molecule has 0 aliphatic rings. The van der Waals surface area contributed by atoms with Crippen molar-refractivity contribution < 1.29 is 52.7 Å². The van der Waals surface area contributed by atoms with Gasteiger partial charge in [0.15, 0.2) is 17.5 Å². The van der Waals surface area contributed by atoms with Gasteiger partial charge in [-0.1, -0.05) is 78.9 Å². The standard InChI is InChI=1S/C56H28F12N6/c57-53(58,59)34-13-19-44-40(25-34)41-26-35(54(60,61)62)14-20-45(41)73(44)48-23-30(29-69)11-17-38(48)39-18-12-33(52-71-50(31-7-3-1-4-8-31)70-51(72-52)32-9-5-2-6-10-32)24-49(39)74-46-21-15-36(55(63,64)65)27-42(46)43-28-37(56(66,67)68)16-22-47(43)74/h1-28H. The SMILES string of the molecule is N#Cc1ccc(-c2ccc(-c3nc(-c4ccccc4)nc(-c4ccccc4)n3)cc2-n2c3ccc(C(F)(F)F)cc3c3cc(C(F)(F)F)ccc32)c(-n2c3ccc(C(F)(F)F)cc3c3cc(C(F)(F)F)ccc32)c1. The lowest BCUT2D eigenvalue weighted by Gasteiger charge is -2.20. The molecular weight excluding hydrogens is 985 g/mol. The van der Waals surface area contributed by atoms with Gasteiger partial charge in [0.25, 0.3) is 0 Å². The van der Waals surface area contributed by atoms with E-state index in [1.807, 2.05) is 6.07 Å². The average molecular weight is 1010 g/mol. The molecular formula is C56H28F12N6. The van der Waals surface area contributed by atoms with Crippen molar-refractivity contribution in [1.29, 1.82) is 5.26 Å². The first-order valence-electron chi connectivity index (χ1n) is 22.2. The van der Waals surface area contributed by atoms with Crippen LogP contribution in [0.2, 0.25) is 0 Å². The van der Waals surface area contributed by atoms with Gasteiger partial charge >= 0.3 is 24.7 Å². The number of halogens is 12. The van der Waals surface area contributed by atoms with E-state index in [-0.39, 0.29) is 94.7 Å². The van der Waals surface area contributed by atoms with E-state index >= 15 is 0 Å². The minimum atomic E-state index is -4.91. The fourth-order valence-corrected chi connectivity index (χ4v) is 9.31. The molecule has 366 valence electrons. The lowest BCUT2D eigenvalue weighted by molar-refractivity contribution is -0.138. The number of alkyl halides is 12. The minimum absolute atomic E-state index is 0.00475. The lowest BCUT2D eigenvalue weighted by atomic mass is 9.97. The van der Waals surface area contributed by atoms with Gasteiger partial charge in [-0.2, -0.15) is 57.9 Å². The molecule has 3 heterocycles. The van der Waals surface area contributed by atoms with E-state index in [4.69, 9.17) is 15.0 Å².